The molecule has 1 heterocycles. The van der Waals surface area contributed by atoms with Crippen LogP contribution >= 0.6 is 0 Å². The summed E-state index contributed by atoms with van der Waals surface area (Å²) >= 11 is 0. The van der Waals surface area contributed by atoms with Crippen LogP contribution in [0.4, 0.5) is 0 Å². The number of ether oxygens (including phenoxy) is 3. The van der Waals surface area contributed by atoms with Crippen molar-refractivity contribution in [3.63, 3.8) is 0 Å². The van der Waals surface area contributed by atoms with Gasteiger partial charge in [0.2, 0.25) is 0 Å². The van der Waals surface area contributed by atoms with Gasteiger partial charge in [0, 0.05) is 11.6 Å². The van der Waals surface area contributed by atoms with E-state index in [9.17, 15) is 4.79 Å². The molecule has 1 amide bonds. The fourth-order valence-corrected chi connectivity index (χ4v) is 2.71. The number of para-hydroxylation sites is 1. The molecule has 0 aliphatic rings. The molecule has 1 N–H and O–H groups in total. The SMILES string of the molecule is COc1cc(OC)cc(-c2onc(C)c2C(=O)NCCOc2ccccc2)c1. The number of methoxy groups -OCH3 is 2. The number of nitrogens with one attached hydrogen (secondary N) is 1. The average Bonchev–Trinajstić information content (AvgIpc) is 3.13. The Kier molecular flexibility index (Phi) is 6.16. The van der Waals surface area contributed by atoms with Crippen molar-refractivity contribution < 1.29 is 23.5 Å². The molecule has 0 bridgehead atoms. The molecule has 28 heavy (non-hydrogen) atoms. The van der Waals surface area contributed by atoms with Crippen LogP contribution in [0, 0.1) is 6.92 Å². The summed E-state index contributed by atoms with van der Waals surface area (Å²) in [6.07, 6.45) is 0. The van der Waals surface area contributed by atoms with E-state index in [1.807, 2.05) is 30.3 Å². The van der Waals surface area contributed by atoms with Crippen LogP contribution in [0.5, 0.6) is 17.2 Å². The third-order valence-corrected chi connectivity index (χ3v) is 4.10. The molecule has 7 nitrogen and oxygen atoms in total. The number of hydrogen-bond acceptors (Lipinski definition) is 6. The summed E-state index contributed by atoms with van der Waals surface area (Å²) in [5, 5.41) is 6.79. The summed E-state index contributed by atoms with van der Waals surface area (Å²) in [5.74, 6) is 2.00. The van der Waals surface area contributed by atoms with Crippen molar-refractivity contribution in [1.29, 1.82) is 0 Å². The van der Waals surface area contributed by atoms with Crippen LogP contribution < -0.4 is 19.5 Å². The zero-order chi connectivity index (χ0) is 19.9. The molecule has 1 aromatic heterocycles. The fourth-order valence-electron chi connectivity index (χ4n) is 2.71. The van der Waals surface area contributed by atoms with E-state index in [0.29, 0.717) is 47.2 Å². The first-order valence-electron chi connectivity index (χ1n) is 8.78. The van der Waals surface area contributed by atoms with Crippen LogP contribution in [0.25, 0.3) is 11.3 Å². The molecule has 0 fully saturated rings. The summed E-state index contributed by atoms with van der Waals surface area (Å²) in [4.78, 5) is 12.7. The van der Waals surface area contributed by atoms with E-state index in [0.717, 1.165) is 5.75 Å². The molecule has 2 aromatic carbocycles. The van der Waals surface area contributed by atoms with Gasteiger partial charge in [0.1, 0.15) is 29.4 Å². The largest absolute Gasteiger partial charge is 0.497 e. The summed E-state index contributed by atoms with van der Waals surface area (Å²) in [6.45, 7) is 2.42. The second-order valence-corrected chi connectivity index (χ2v) is 5.99. The molecule has 0 saturated carbocycles. The summed E-state index contributed by atoms with van der Waals surface area (Å²) in [6, 6.07) is 14.7. The van der Waals surface area contributed by atoms with Crippen molar-refractivity contribution in [3.05, 3.63) is 59.8 Å². The minimum Gasteiger partial charge on any atom is -0.497 e. The second kappa shape index (κ2) is 8.94. The Balaban J connectivity index is 1.72. The van der Waals surface area contributed by atoms with Crippen LogP contribution in [0.2, 0.25) is 0 Å². The van der Waals surface area contributed by atoms with Crippen LogP contribution in [-0.4, -0.2) is 38.4 Å². The van der Waals surface area contributed by atoms with Crippen LogP contribution in [-0.2, 0) is 0 Å². The zero-order valence-corrected chi connectivity index (χ0v) is 16.0. The highest BCUT2D eigenvalue weighted by molar-refractivity contribution is 6.00. The Hall–Kier alpha value is -3.48. The van der Waals surface area contributed by atoms with Gasteiger partial charge in [0.15, 0.2) is 5.76 Å². The van der Waals surface area contributed by atoms with Gasteiger partial charge in [-0.3, -0.25) is 4.79 Å². The van der Waals surface area contributed by atoms with E-state index in [1.54, 1.807) is 39.3 Å². The molecule has 146 valence electrons. The summed E-state index contributed by atoms with van der Waals surface area (Å²) in [7, 11) is 3.12. The summed E-state index contributed by atoms with van der Waals surface area (Å²) in [5.41, 5.74) is 1.51. The monoisotopic (exact) mass is 382 g/mol. The van der Waals surface area contributed by atoms with Gasteiger partial charge in [-0.05, 0) is 31.2 Å². The first-order chi connectivity index (χ1) is 13.6. The van der Waals surface area contributed by atoms with Gasteiger partial charge >= 0.3 is 0 Å². The first-order valence-corrected chi connectivity index (χ1v) is 8.78. The molecule has 0 spiro atoms. The second-order valence-electron chi connectivity index (χ2n) is 5.99. The lowest BCUT2D eigenvalue weighted by atomic mass is 10.1. The molecule has 3 rings (SSSR count). The quantitative estimate of drug-likeness (QED) is 0.601. The maximum absolute atomic E-state index is 12.7. The molecule has 0 radical (unpaired) electrons. The number of carbonyl (C=O) groups excluding carboxylic acids is 1. The lowest BCUT2D eigenvalue weighted by Crippen LogP contribution is -2.28. The Morgan fingerprint density at radius 1 is 1.04 bits per heavy atom. The van der Waals surface area contributed by atoms with Crippen molar-refractivity contribution in [1.82, 2.24) is 10.5 Å². The minimum atomic E-state index is -0.285. The third-order valence-electron chi connectivity index (χ3n) is 4.10. The van der Waals surface area contributed by atoms with Gasteiger partial charge in [0.05, 0.1) is 26.5 Å². The predicted molar refractivity (Wildman–Crippen MR) is 104 cm³/mol. The van der Waals surface area contributed by atoms with Gasteiger partial charge in [-0.25, -0.2) is 0 Å². The van der Waals surface area contributed by atoms with Crippen molar-refractivity contribution in [2.45, 2.75) is 6.92 Å². The topological polar surface area (TPSA) is 82.8 Å². The maximum atomic E-state index is 12.7. The number of nitrogens with zero attached hydrogens (tertiary/aromatic N) is 1. The lowest BCUT2D eigenvalue weighted by molar-refractivity contribution is 0.0946. The van der Waals surface area contributed by atoms with Crippen molar-refractivity contribution in [2.75, 3.05) is 27.4 Å². The van der Waals surface area contributed by atoms with Crippen molar-refractivity contribution in [3.8, 4) is 28.6 Å². The Bertz CT molecular complexity index is 915. The average molecular weight is 382 g/mol. The summed E-state index contributed by atoms with van der Waals surface area (Å²) < 4.78 is 21.6. The highest BCUT2D eigenvalue weighted by atomic mass is 16.5. The number of rotatable bonds is 8. The lowest BCUT2D eigenvalue weighted by Gasteiger charge is -2.09. The molecule has 0 aliphatic heterocycles. The van der Waals surface area contributed by atoms with E-state index >= 15 is 0 Å². The molecule has 3 aromatic rings. The van der Waals surface area contributed by atoms with Crippen LogP contribution in [0.3, 0.4) is 0 Å². The van der Waals surface area contributed by atoms with Crippen LogP contribution in [0.1, 0.15) is 16.1 Å². The number of aryl methyl sites for hydroxylation is 1. The molecular weight excluding hydrogens is 360 g/mol. The van der Waals surface area contributed by atoms with Crippen molar-refractivity contribution >= 4 is 5.91 Å². The van der Waals surface area contributed by atoms with E-state index in [-0.39, 0.29) is 5.91 Å². The molecule has 0 unspecified atom stereocenters. The fraction of sp³-hybridized carbons (Fsp3) is 0.238. The Labute approximate surface area is 163 Å². The highest BCUT2D eigenvalue weighted by Gasteiger charge is 2.22. The Morgan fingerprint density at radius 2 is 1.71 bits per heavy atom. The molecule has 0 aliphatic carbocycles. The molecule has 7 heteroatoms. The predicted octanol–water partition coefficient (Wildman–Crippen LogP) is 3.48. The zero-order valence-electron chi connectivity index (χ0n) is 16.0. The maximum Gasteiger partial charge on any atom is 0.257 e. The van der Waals surface area contributed by atoms with E-state index in [2.05, 4.69) is 10.5 Å². The van der Waals surface area contributed by atoms with Crippen LogP contribution in [0.15, 0.2) is 53.1 Å². The van der Waals surface area contributed by atoms with Gasteiger partial charge in [-0.15, -0.1) is 0 Å². The smallest absolute Gasteiger partial charge is 0.257 e. The number of amides is 1. The van der Waals surface area contributed by atoms with E-state index in [1.165, 1.54) is 0 Å². The standard InChI is InChI=1S/C21H22N2O5/c1-14-19(21(24)22-9-10-27-16-7-5-4-6-8-16)20(28-23-14)15-11-17(25-2)13-18(12-15)26-3/h4-8,11-13H,9-10H2,1-3H3,(H,22,24). The van der Waals surface area contributed by atoms with Gasteiger partial charge in [-0.2, -0.15) is 0 Å². The number of carbonyl (C=O) groups is 1. The van der Waals surface area contributed by atoms with Crippen molar-refractivity contribution in [2.24, 2.45) is 0 Å². The molecule has 0 atom stereocenters. The highest BCUT2D eigenvalue weighted by Crippen LogP contribution is 2.32. The van der Waals surface area contributed by atoms with Gasteiger partial charge < -0.3 is 24.1 Å². The normalized spacial score (nSPS) is 10.4. The molecular formula is C21H22N2O5. The molecule has 0 saturated heterocycles. The Morgan fingerprint density at radius 3 is 2.36 bits per heavy atom. The van der Waals surface area contributed by atoms with Gasteiger partial charge in [-0.1, -0.05) is 23.4 Å². The number of hydrogen-bond donors (Lipinski definition) is 1. The number of aromatic nitrogens is 1. The number of benzene rings is 2. The van der Waals surface area contributed by atoms with E-state index < -0.39 is 0 Å². The van der Waals surface area contributed by atoms with E-state index in [4.69, 9.17) is 18.7 Å². The first kappa shape index (κ1) is 19.3. The third kappa shape index (κ3) is 4.43. The minimum absolute atomic E-state index is 0.285. The van der Waals surface area contributed by atoms with Gasteiger partial charge in [0.25, 0.3) is 5.91 Å².